The van der Waals surface area contributed by atoms with Crippen molar-refractivity contribution in [2.24, 2.45) is 4.99 Å². The second-order valence-corrected chi connectivity index (χ2v) is 4.23. The fraction of sp³-hybridized carbons (Fsp3) is 0.917. The molecule has 0 saturated heterocycles. The molecule has 5 nitrogen and oxygen atoms in total. The summed E-state index contributed by atoms with van der Waals surface area (Å²) in [6.45, 7) is 2.74. The van der Waals surface area contributed by atoms with Gasteiger partial charge in [-0.15, -0.1) is 0 Å². The van der Waals surface area contributed by atoms with Crippen LogP contribution in [0.4, 0.5) is 0 Å². The molecule has 0 amide bonds. The monoisotopic (exact) mass is 243 g/mol. The van der Waals surface area contributed by atoms with Crippen LogP contribution in [-0.2, 0) is 9.47 Å². The zero-order valence-electron chi connectivity index (χ0n) is 11.0. The Morgan fingerprint density at radius 3 is 2.65 bits per heavy atom. The average molecular weight is 243 g/mol. The predicted molar refractivity (Wildman–Crippen MR) is 69.4 cm³/mol. The lowest BCUT2D eigenvalue weighted by atomic mass is 10.2. The first-order valence-electron chi connectivity index (χ1n) is 6.40. The van der Waals surface area contributed by atoms with E-state index in [1.165, 1.54) is 25.7 Å². The third kappa shape index (κ3) is 6.48. The Kier molecular flexibility index (Phi) is 7.75. The van der Waals surface area contributed by atoms with E-state index < -0.39 is 0 Å². The van der Waals surface area contributed by atoms with Gasteiger partial charge in [0.15, 0.2) is 5.96 Å². The maximum absolute atomic E-state index is 5.37. The summed E-state index contributed by atoms with van der Waals surface area (Å²) in [5, 5.41) is 6.67. The first kappa shape index (κ1) is 14.3. The summed E-state index contributed by atoms with van der Waals surface area (Å²) >= 11 is 0. The number of aliphatic imine (C=N–C) groups is 1. The summed E-state index contributed by atoms with van der Waals surface area (Å²) in [7, 11) is 3.48. The number of hydrogen-bond acceptors (Lipinski definition) is 3. The number of hydrogen-bond donors (Lipinski definition) is 2. The lowest BCUT2D eigenvalue weighted by molar-refractivity contribution is 0.0733. The average Bonchev–Trinajstić information content (AvgIpc) is 2.85. The van der Waals surface area contributed by atoms with Crippen molar-refractivity contribution in [2.45, 2.75) is 31.7 Å². The topological polar surface area (TPSA) is 54.9 Å². The zero-order valence-corrected chi connectivity index (χ0v) is 11.0. The smallest absolute Gasteiger partial charge is 0.191 e. The number of rotatable bonds is 7. The van der Waals surface area contributed by atoms with Crippen molar-refractivity contribution in [2.75, 3.05) is 40.5 Å². The number of methoxy groups -OCH3 is 1. The molecule has 1 aliphatic rings. The fourth-order valence-corrected chi connectivity index (χ4v) is 1.94. The van der Waals surface area contributed by atoms with Gasteiger partial charge >= 0.3 is 0 Å². The van der Waals surface area contributed by atoms with Gasteiger partial charge in [0.1, 0.15) is 0 Å². The van der Waals surface area contributed by atoms with E-state index >= 15 is 0 Å². The van der Waals surface area contributed by atoms with Crippen molar-refractivity contribution in [3.63, 3.8) is 0 Å². The minimum absolute atomic E-state index is 0.593. The molecule has 0 atom stereocenters. The summed E-state index contributed by atoms with van der Waals surface area (Å²) in [5.41, 5.74) is 0. The Hall–Kier alpha value is -0.810. The Bertz CT molecular complexity index is 216. The minimum atomic E-state index is 0.593. The SMILES string of the molecule is CN=C(NCCOCCOC)NC1CCCC1. The van der Waals surface area contributed by atoms with E-state index in [2.05, 4.69) is 15.6 Å². The van der Waals surface area contributed by atoms with Gasteiger partial charge in [0.05, 0.1) is 19.8 Å². The summed E-state index contributed by atoms with van der Waals surface area (Å²) in [4.78, 5) is 4.20. The highest BCUT2D eigenvalue weighted by atomic mass is 16.5. The van der Waals surface area contributed by atoms with E-state index in [9.17, 15) is 0 Å². The van der Waals surface area contributed by atoms with Gasteiger partial charge in [-0.05, 0) is 12.8 Å². The maximum Gasteiger partial charge on any atom is 0.191 e. The Morgan fingerprint density at radius 1 is 1.24 bits per heavy atom. The molecule has 0 aromatic carbocycles. The third-order valence-corrected chi connectivity index (χ3v) is 2.89. The maximum atomic E-state index is 5.37. The van der Waals surface area contributed by atoms with Crippen LogP contribution in [0.15, 0.2) is 4.99 Å². The molecule has 0 aromatic heterocycles. The summed E-state index contributed by atoms with van der Waals surface area (Å²) in [5.74, 6) is 0.882. The van der Waals surface area contributed by atoms with E-state index in [1.54, 1.807) is 14.2 Å². The minimum Gasteiger partial charge on any atom is -0.382 e. The first-order valence-corrected chi connectivity index (χ1v) is 6.40. The lowest BCUT2D eigenvalue weighted by Crippen LogP contribution is -2.43. The van der Waals surface area contributed by atoms with Crippen molar-refractivity contribution in [1.29, 1.82) is 0 Å². The second-order valence-electron chi connectivity index (χ2n) is 4.23. The molecule has 0 aliphatic heterocycles. The number of ether oxygens (including phenoxy) is 2. The molecule has 1 aliphatic carbocycles. The van der Waals surface area contributed by atoms with Crippen LogP contribution in [-0.4, -0.2) is 52.5 Å². The first-order chi connectivity index (χ1) is 8.36. The molecular weight excluding hydrogens is 218 g/mol. The van der Waals surface area contributed by atoms with Gasteiger partial charge in [-0.25, -0.2) is 0 Å². The Balaban J connectivity index is 2.02. The number of guanidine groups is 1. The molecular formula is C12H25N3O2. The highest BCUT2D eigenvalue weighted by Crippen LogP contribution is 2.17. The van der Waals surface area contributed by atoms with Crippen molar-refractivity contribution >= 4 is 5.96 Å². The lowest BCUT2D eigenvalue weighted by Gasteiger charge is -2.16. The van der Waals surface area contributed by atoms with Crippen LogP contribution in [0.2, 0.25) is 0 Å². The summed E-state index contributed by atoms with van der Waals surface area (Å²) in [6, 6.07) is 0.593. The van der Waals surface area contributed by atoms with Crippen molar-refractivity contribution in [3.05, 3.63) is 0 Å². The third-order valence-electron chi connectivity index (χ3n) is 2.89. The van der Waals surface area contributed by atoms with Gasteiger partial charge in [0, 0.05) is 26.7 Å². The molecule has 1 rings (SSSR count). The molecule has 0 heterocycles. The Morgan fingerprint density at radius 2 is 2.00 bits per heavy atom. The molecule has 1 fully saturated rings. The van der Waals surface area contributed by atoms with E-state index in [0.717, 1.165) is 12.5 Å². The normalized spacial score (nSPS) is 17.4. The van der Waals surface area contributed by atoms with E-state index in [0.29, 0.717) is 25.9 Å². The van der Waals surface area contributed by atoms with E-state index in [4.69, 9.17) is 9.47 Å². The van der Waals surface area contributed by atoms with Crippen molar-refractivity contribution in [1.82, 2.24) is 10.6 Å². The van der Waals surface area contributed by atoms with Crippen LogP contribution in [0.3, 0.4) is 0 Å². The highest BCUT2D eigenvalue weighted by molar-refractivity contribution is 5.79. The van der Waals surface area contributed by atoms with E-state index in [1.807, 2.05) is 0 Å². The van der Waals surface area contributed by atoms with Crippen LogP contribution < -0.4 is 10.6 Å². The molecule has 0 unspecified atom stereocenters. The zero-order chi connectivity index (χ0) is 12.3. The summed E-state index contributed by atoms with van der Waals surface area (Å²) in [6.07, 6.45) is 5.17. The quantitative estimate of drug-likeness (QED) is 0.394. The highest BCUT2D eigenvalue weighted by Gasteiger charge is 2.15. The van der Waals surface area contributed by atoms with Gasteiger partial charge in [-0.3, -0.25) is 4.99 Å². The van der Waals surface area contributed by atoms with Gasteiger partial charge in [-0.1, -0.05) is 12.8 Å². The number of nitrogens with one attached hydrogen (secondary N) is 2. The van der Waals surface area contributed by atoms with Crippen LogP contribution in [0.5, 0.6) is 0 Å². The van der Waals surface area contributed by atoms with Crippen LogP contribution in [0.1, 0.15) is 25.7 Å². The molecule has 2 N–H and O–H groups in total. The molecule has 100 valence electrons. The molecule has 0 bridgehead atoms. The number of nitrogens with zero attached hydrogens (tertiary/aromatic N) is 1. The standard InChI is InChI=1S/C12H25N3O2/c1-13-12(15-11-5-3-4-6-11)14-7-8-17-10-9-16-2/h11H,3-10H2,1-2H3,(H2,13,14,15). The molecule has 5 heteroatoms. The molecule has 0 aromatic rings. The van der Waals surface area contributed by atoms with Crippen molar-refractivity contribution < 1.29 is 9.47 Å². The van der Waals surface area contributed by atoms with Gasteiger partial charge in [-0.2, -0.15) is 0 Å². The fourth-order valence-electron chi connectivity index (χ4n) is 1.94. The van der Waals surface area contributed by atoms with Gasteiger partial charge < -0.3 is 20.1 Å². The predicted octanol–water partition coefficient (Wildman–Crippen LogP) is 0.757. The summed E-state index contributed by atoms with van der Waals surface area (Å²) < 4.78 is 10.3. The Labute approximate surface area is 104 Å². The molecule has 17 heavy (non-hydrogen) atoms. The van der Waals surface area contributed by atoms with Crippen LogP contribution in [0.25, 0.3) is 0 Å². The van der Waals surface area contributed by atoms with E-state index in [-0.39, 0.29) is 0 Å². The van der Waals surface area contributed by atoms with Crippen molar-refractivity contribution in [3.8, 4) is 0 Å². The molecule has 1 saturated carbocycles. The van der Waals surface area contributed by atoms with Gasteiger partial charge in [0.25, 0.3) is 0 Å². The van der Waals surface area contributed by atoms with Gasteiger partial charge in [0.2, 0.25) is 0 Å². The second kappa shape index (κ2) is 9.24. The van der Waals surface area contributed by atoms with Crippen LogP contribution >= 0.6 is 0 Å². The van der Waals surface area contributed by atoms with Crippen LogP contribution in [0, 0.1) is 0 Å². The molecule has 0 radical (unpaired) electrons. The largest absolute Gasteiger partial charge is 0.382 e. The molecule has 0 spiro atoms.